The average molecular weight is 561 g/mol. The third-order valence-electron chi connectivity index (χ3n) is 9.52. The fourth-order valence-electron chi connectivity index (χ4n) is 7.47. The molecule has 3 aliphatic rings. The number of anilines is 1. The first-order valence-corrected chi connectivity index (χ1v) is 14.4. The van der Waals surface area contributed by atoms with Crippen molar-refractivity contribution in [2.24, 2.45) is 23.7 Å². The minimum Gasteiger partial charge on any atom is -0.461 e. The number of carbonyl (C=O) groups is 3. The number of aliphatic hydroxyl groups excluding tert-OH is 1. The Morgan fingerprint density at radius 1 is 1.20 bits per heavy atom. The minimum absolute atomic E-state index is 0.0140. The highest BCUT2D eigenvalue weighted by atomic mass is 16.6. The summed E-state index contributed by atoms with van der Waals surface area (Å²) < 4.78 is 12.3. The highest BCUT2D eigenvalue weighted by Crippen LogP contribution is 2.66. The lowest BCUT2D eigenvalue weighted by Crippen LogP contribution is -2.60. The SMILES string of the molecule is C=CCOC(=O)[C@@H]1[C@H]2C(=O)N([C@@H](CO)C(C)C)C(C(=O)N(CC=C)c3ccc4ccccc4c3)C23CC(C)[C@@]1(C)O3. The second-order valence-electron chi connectivity index (χ2n) is 12.1. The van der Waals surface area contributed by atoms with E-state index in [-0.39, 0.29) is 43.4 Å². The summed E-state index contributed by atoms with van der Waals surface area (Å²) in [6.07, 6.45) is 3.56. The normalized spacial score (nSPS) is 30.9. The first-order valence-electron chi connectivity index (χ1n) is 14.4. The molecule has 2 bridgehead atoms. The van der Waals surface area contributed by atoms with E-state index >= 15 is 0 Å². The van der Waals surface area contributed by atoms with Crippen LogP contribution in [0.5, 0.6) is 0 Å². The maximum atomic E-state index is 14.8. The molecule has 0 radical (unpaired) electrons. The summed E-state index contributed by atoms with van der Waals surface area (Å²) in [6.45, 7) is 15.1. The summed E-state index contributed by atoms with van der Waals surface area (Å²) in [7, 11) is 0. The smallest absolute Gasteiger partial charge is 0.313 e. The van der Waals surface area contributed by atoms with E-state index in [0.717, 1.165) is 10.8 Å². The summed E-state index contributed by atoms with van der Waals surface area (Å²) in [5, 5.41) is 12.5. The molecule has 1 N–H and O–H groups in total. The van der Waals surface area contributed by atoms with Crippen molar-refractivity contribution in [1.29, 1.82) is 0 Å². The van der Waals surface area contributed by atoms with E-state index in [2.05, 4.69) is 13.2 Å². The van der Waals surface area contributed by atoms with Crippen LogP contribution in [0.2, 0.25) is 0 Å². The lowest BCUT2D eigenvalue weighted by Gasteiger charge is -2.40. The third kappa shape index (κ3) is 4.30. The van der Waals surface area contributed by atoms with Crippen molar-refractivity contribution in [3.05, 3.63) is 67.8 Å². The molecule has 2 amide bonds. The van der Waals surface area contributed by atoms with Crippen LogP contribution in [0.25, 0.3) is 10.8 Å². The molecule has 0 aliphatic carbocycles. The highest BCUT2D eigenvalue weighted by molar-refractivity contribution is 6.06. The quantitative estimate of drug-likeness (QED) is 0.347. The Bertz CT molecular complexity index is 1390. The van der Waals surface area contributed by atoms with Gasteiger partial charge in [-0.25, -0.2) is 0 Å². The van der Waals surface area contributed by atoms with Gasteiger partial charge in [-0.05, 0) is 48.1 Å². The molecule has 41 heavy (non-hydrogen) atoms. The fraction of sp³-hybridized carbons (Fsp3) is 0.485. The molecule has 0 aromatic heterocycles. The van der Waals surface area contributed by atoms with E-state index in [0.29, 0.717) is 12.1 Å². The first-order chi connectivity index (χ1) is 19.5. The van der Waals surface area contributed by atoms with E-state index in [1.165, 1.54) is 11.0 Å². The molecule has 8 heteroatoms. The lowest BCUT2D eigenvalue weighted by atomic mass is 9.62. The number of benzene rings is 2. The van der Waals surface area contributed by atoms with Gasteiger partial charge in [0.05, 0.1) is 24.2 Å². The number of rotatable bonds is 10. The Morgan fingerprint density at radius 3 is 2.54 bits per heavy atom. The molecule has 2 aromatic rings. The molecule has 3 unspecified atom stereocenters. The number of nitrogens with zero attached hydrogens (tertiary/aromatic N) is 2. The molecular formula is C33H40N2O6. The van der Waals surface area contributed by atoms with Crippen LogP contribution < -0.4 is 4.90 Å². The van der Waals surface area contributed by atoms with Gasteiger partial charge in [-0.15, -0.1) is 6.58 Å². The van der Waals surface area contributed by atoms with Crippen LogP contribution in [-0.2, 0) is 23.9 Å². The van der Waals surface area contributed by atoms with Crippen LogP contribution in [-0.4, -0.2) is 70.8 Å². The number of fused-ring (bicyclic) bond motifs is 2. The predicted octanol–water partition coefficient (Wildman–Crippen LogP) is 4.12. The zero-order valence-electron chi connectivity index (χ0n) is 24.3. The molecule has 3 fully saturated rings. The predicted molar refractivity (Wildman–Crippen MR) is 157 cm³/mol. The zero-order valence-corrected chi connectivity index (χ0v) is 24.3. The van der Waals surface area contributed by atoms with Gasteiger partial charge in [0, 0.05) is 12.2 Å². The molecule has 2 aromatic carbocycles. The number of carbonyl (C=O) groups excluding carboxylic acids is 3. The second-order valence-corrected chi connectivity index (χ2v) is 12.1. The molecule has 3 saturated heterocycles. The van der Waals surface area contributed by atoms with Gasteiger partial charge < -0.3 is 24.4 Å². The number of likely N-dealkylation sites (tertiary alicyclic amines) is 1. The third-order valence-corrected chi connectivity index (χ3v) is 9.52. The monoisotopic (exact) mass is 560 g/mol. The van der Waals surface area contributed by atoms with E-state index in [1.807, 2.05) is 70.2 Å². The van der Waals surface area contributed by atoms with Gasteiger partial charge in [-0.1, -0.05) is 69.8 Å². The van der Waals surface area contributed by atoms with Crippen molar-refractivity contribution in [1.82, 2.24) is 4.90 Å². The summed E-state index contributed by atoms with van der Waals surface area (Å²) >= 11 is 0. The number of hydrogen-bond acceptors (Lipinski definition) is 6. The fourth-order valence-corrected chi connectivity index (χ4v) is 7.47. The average Bonchev–Trinajstić information content (AvgIpc) is 3.46. The molecule has 218 valence electrons. The standard InChI is InChI=1S/C33H40N2O6/c1-7-15-34(24-14-13-22-11-9-10-12-23(22)17-24)30(38)28-33-18-21(5)32(6,41-33)27(31(39)40-16-8-2)26(33)29(37)35(28)25(19-36)20(3)4/h7-14,17,20-21,25-28,36H,1-2,15-16,18-19H2,3-6H3/t21?,25-,26-,27-,28?,32+,33?/m0/s1. The molecule has 1 spiro atoms. The van der Waals surface area contributed by atoms with E-state index in [9.17, 15) is 19.5 Å². The van der Waals surface area contributed by atoms with Crippen LogP contribution in [0.4, 0.5) is 5.69 Å². The molecule has 8 nitrogen and oxygen atoms in total. The van der Waals surface area contributed by atoms with Crippen molar-refractivity contribution in [3.8, 4) is 0 Å². The maximum absolute atomic E-state index is 14.8. The Kier molecular flexibility index (Phi) is 7.59. The van der Waals surface area contributed by atoms with Gasteiger partial charge in [0.25, 0.3) is 5.91 Å². The van der Waals surface area contributed by atoms with Crippen LogP contribution >= 0.6 is 0 Å². The maximum Gasteiger partial charge on any atom is 0.313 e. The highest BCUT2D eigenvalue weighted by Gasteiger charge is 2.81. The van der Waals surface area contributed by atoms with Crippen molar-refractivity contribution in [3.63, 3.8) is 0 Å². The Balaban J connectivity index is 1.66. The zero-order chi connectivity index (χ0) is 29.7. The molecule has 0 saturated carbocycles. The topological polar surface area (TPSA) is 96.4 Å². The van der Waals surface area contributed by atoms with Crippen LogP contribution in [0.3, 0.4) is 0 Å². The number of aliphatic hydroxyl groups is 1. The van der Waals surface area contributed by atoms with Crippen LogP contribution in [0.15, 0.2) is 67.8 Å². The lowest BCUT2D eigenvalue weighted by molar-refractivity contribution is -0.162. The molecular weight excluding hydrogens is 520 g/mol. The van der Waals surface area contributed by atoms with Gasteiger partial charge in [0.2, 0.25) is 5.91 Å². The van der Waals surface area contributed by atoms with E-state index in [4.69, 9.17) is 9.47 Å². The van der Waals surface area contributed by atoms with E-state index in [1.54, 1.807) is 11.0 Å². The van der Waals surface area contributed by atoms with E-state index < -0.39 is 41.1 Å². The van der Waals surface area contributed by atoms with Crippen molar-refractivity contribution >= 4 is 34.2 Å². The van der Waals surface area contributed by atoms with Gasteiger partial charge in [-0.3, -0.25) is 14.4 Å². The largest absolute Gasteiger partial charge is 0.461 e. The first kappa shape index (κ1) is 29.0. The summed E-state index contributed by atoms with van der Waals surface area (Å²) in [5.41, 5.74) is -1.57. The number of ether oxygens (including phenoxy) is 2. The number of hydrogen-bond donors (Lipinski definition) is 1. The number of esters is 1. The molecule has 5 rings (SSSR count). The van der Waals surface area contributed by atoms with Crippen molar-refractivity contribution in [2.45, 2.75) is 57.4 Å². The summed E-state index contributed by atoms with van der Waals surface area (Å²) in [6, 6.07) is 12.0. The minimum atomic E-state index is -1.25. The number of amides is 2. The van der Waals surface area contributed by atoms with Crippen LogP contribution in [0.1, 0.15) is 34.1 Å². The van der Waals surface area contributed by atoms with Gasteiger partial charge in [-0.2, -0.15) is 0 Å². The van der Waals surface area contributed by atoms with Gasteiger partial charge in [0.1, 0.15) is 24.2 Å². The summed E-state index contributed by atoms with van der Waals surface area (Å²) in [4.78, 5) is 45.9. The Morgan fingerprint density at radius 2 is 1.90 bits per heavy atom. The Labute approximate surface area is 241 Å². The molecule has 3 aliphatic heterocycles. The Hall–Kier alpha value is -3.49. The molecule has 3 heterocycles. The summed E-state index contributed by atoms with van der Waals surface area (Å²) in [5.74, 6) is -3.29. The van der Waals surface area contributed by atoms with Crippen molar-refractivity contribution in [2.75, 3.05) is 24.7 Å². The van der Waals surface area contributed by atoms with Crippen molar-refractivity contribution < 1.29 is 29.0 Å². The molecule has 7 atom stereocenters. The van der Waals surface area contributed by atoms with Crippen LogP contribution in [0, 0.1) is 23.7 Å². The second kappa shape index (κ2) is 10.7. The van der Waals surface area contributed by atoms with Gasteiger partial charge in [0.15, 0.2) is 0 Å². The van der Waals surface area contributed by atoms with Gasteiger partial charge >= 0.3 is 5.97 Å².